The zero-order valence-electron chi connectivity index (χ0n) is 21.3. The molecule has 0 aliphatic heterocycles. The highest BCUT2D eigenvalue weighted by atomic mass is 32.1. The van der Waals surface area contributed by atoms with E-state index in [4.69, 9.17) is 9.26 Å². The van der Waals surface area contributed by atoms with E-state index >= 15 is 4.39 Å². The first-order valence-corrected chi connectivity index (χ1v) is 13.2. The largest absolute Gasteiger partial charge is 0.453 e. The Labute approximate surface area is 223 Å². The molecule has 1 N–H and O–H groups in total. The number of rotatable bonds is 9. The van der Waals surface area contributed by atoms with Gasteiger partial charge in [0, 0.05) is 41.0 Å². The van der Waals surface area contributed by atoms with Crippen molar-refractivity contribution in [1.82, 2.24) is 15.0 Å². The van der Waals surface area contributed by atoms with Gasteiger partial charge < -0.3 is 14.6 Å². The van der Waals surface area contributed by atoms with Crippen LogP contribution in [0.25, 0.3) is 21.5 Å². The zero-order chi connectivity index (χ0) is 26.6. The van der Waals surface area contributed by atoms with Crippen molar-refractivity contribution in [2.75, 3.05) is 18.4 Å². The minimum atomic E-state index is -0.599. The van der Waals surface area contributed by atoms with Gasteiger partial charge in [-0.1, -0.05) is 49.3 Å². The number of anilines is 1. The number of aromatic nitrogens is 2. The first kappa shape index (κ1) is 25.6. The summed E-state index contributed by atoms with van der Waals surface area (Å²) in [4.78, 5) is 21.0. The van der Waals surface area contributed by atoms with Crippen LogP contribution in [0.5, 0.6) is 11.5 Å². The van der Waals surface area contributed by atoms with Crippen molar-refractivity contribution in [2.45, 2.75) is 27.3 Å². The Kier molecular flexibility index (Phi) is 7.48. The highest BCUT2D eigenvalue weighted by molar-refractivity contribution is 7.19. The number of nitrogens with zero attached hydrogens (tertiary/aromatic N) is 3. The van der Waals surface area contributed by atoms with Crippen LogP contribution in [0.2, 0.25) is 0 Å². The van der Waals surface area contributed by atoms with Crippen LogP contribution in [0.4, 0.5) is 10.1 Å². The molecule has 0 atom stereocenters. The Morgan fingerprint density at radius 3 is 2.61 bits per heavy atom. The summed E-state index contributed by atoms with van der Waals surface area (Å²) in [5.74, 6) is -0.0713. The average Bonchev–Trinajstić information content (AvgIpc) is 3.52. The first-order valence-electron chi connectivity index (χ1n) is 12.4. The molecule has 0 saturated carbocycles. The van der Waals surface area contributed by atoms with Gasteiger partial charge in [-0.25, -0.2) is 4.39 Å². The summed E-state index contributed by atoms with van der Waals surface area (Å²) in [7, 11) is 0. The summed E-state index contributed by atoms with van der Waals surface area (Å²) in [6.45, 7) is 8.68. The summed E-state index contributed by atoms with van der Waals surface area (Å²) < 4.78 is 27.2. The van der Waals surface area contributed by atoms with Crippen LogP contribution in [0, 0.1) is 12.7 Å². The van der Waals surface area contributed by atoms with Crippen molar-refractivity contribution in [1.29, 1.82) is 0 Å². The van der Waals surface area contributed by atoms with Crippen LogP contribution in [0.3, 0.4) is 0 Å². The molecule has 0 bridgehead atoms. The fraction of sp³-hybridized carbons (Fsp3) is 0.207. The van der Waals surface area contributed by atoms with E-state index in [9.17, 15) is 4.79 Å². The van der Waals surface area contributed by atoms with Gasteiger partial charge in [0.1, 0.15) is 22.8 Å². The Morgan fingerprint density at radius 1 is 1.08 bits per heavy atom. The molecule has 2 aromatic carbocycles. The van der Waals surface area contributed by atoms with Gasteiger partial charge in [0.05, 0.1) is 10.2 Å². The molecule has 38 heavy (non-hydrogen) atoms. The van der Waals surface area contributed by atoms with E-state index in [0.29, 0.717) is 22.8 Å². The third kappa shape index (κ3) is 5.29. The third-order valence-corrected chi connectivity index (χ3v) is 7.37. The molecular formula is C29H27FN4O3S. The van der Waals surface area contributed by atoms with E-state index in [-0.39, 0.29) is 11.4 Å². The number of fused-ring (bicyclic) bond motifs is 1. The van der Waals surface area contributed by atoms with E-state index < -0.39 is 11.7 Å². The molecule has 9 heteroatoms. The van der Waals surface area contributed by atoms with Crippen LogP contribution in [0.15, 0.2) is 71.4 Å². The summed E-state index contributed by atoms with van der Waals surface area (Å²) >= 11 is 1.60. The van der Waals surface area contributed by atoms with E-state index in [1.807, 2.05) is 30.3 Å². The number of hydrogen-bond donors (Lipinski definition) is 1. The fourth-order valence-corrected chi connectivity index (χ4v) is 5.30. The topological polar surface area (TPSA) is 80.5 Å². The Hall–Kier alpha value is -4.08. The number of carbonyl (C=O) groups excluding carboxylic acids is 1. The molecule has 0 radical (unpaired) electrons. The van der Waals surface area contributed by atoms with Gasteiger partial charge in [0.15, 0.2) is 11.6 Å². The molecule has 0 aliphatic carbocycles. The van der Waals surface area contributed by atoms with Crippen LogP contribution in [-0.4, -0.2) is 34.0 Å². The molecule has 0 unspecified atom stereocenters. The lowest BCUT2D eigenvalue weighted by Crippen LogP contribution is -2.21. The fourth-order valence-electron chi connectivity index (χ4n) is 4.20. The van der Waals surface area contributed by atoms with Crippen molar-refractivity contribution in [3.8, 4) is 22.8 Å². The Bertz CT molecular complexity index is 1580. The molecule has 0 saturated heterocycles. The number of hydrogen-bond acceptors (Lipinski definition) is 7. The second-order valence-corrected chi connectivity index (χ2v) is 9.86. The molecule has 0 fully saturated rings. The van der Waals surface area contributed by atoms with Gasteiger partial charge in [0.2, 0.25) is 0 Å². The minimum Gasteiger partial charge on any atom is -0.453 e. The Balaban J connectivity index is 1.35. The number of benzene rings is 2. The van der Waals surface area contributed by atoms with E-state index in [1.54, 1.807) is 36.6 Å². The number of pyridine rings is 1. The molecule has 0 spiro atoms. The van der Waals surface area contributed by atoms with Gasteiger partial charge >= 0.3 is 0 Å². The lowest BCUT2D eigenvalue weighted by Gasteiger charge is -2.16. The number of aryl methyl sites for hydroxylation is 1. The number of ether oxygens (including phenoxy) is 1. The van der Waals surface area contributed by atoms with Crippen LogP contribution >= 0.6 is 11.3 Å². The molecule has 3 heterocycles. The molecule has 5 rings (SSSR count). The molecule has 194 valence electrons. The molecule has 5 aromatic rings. The summed E-state index contributed by atoms with van der Waals surface area (Å²) in [5.41, 5.74) is 2.59. The van der Waals surface area contributed by atoms with Gasteiger partial charge in [-0.2, -0.15) is 0 Å². The quantitative estimate of drug-likeness (QED) is 0.216. The maximum atomic E-state index is 15.1. The second-order valence-electron chi connectivity index (χ2n) is 8.73. The summed E-state index contributed by atoms with van der Waals surface area (Å²) in [6, 6.07) is 17.4. The number of amides is 1. The molecule has 3 aromatic heterocycles. The van der Waals surface area contributed by atoms with Crippen molar-refractivity contribution >= 4 is 33.1 Å². The van der Waals surface area contributed by atoms with Crippen LogP contribution in [0.1, 0.15) is 34.8 Å². The van der Waals surface area contributed by atoms with E-state index in [1.165, 1.54) is 17.0 Å². The normalized spacial score (nSPS) is 11.3. The summed E-state index contributed by atoms with van der Waals surface area (Å²) in [5, 5.41) is 6.78. The third-order valence-electron chi connectivity index (χ3n) is 6.25. The van der Waals surface area contributed by atoms with Crippen LogP contribution < -0.4 is 10.1 Å². The lowest BCUT2D eigenvalue weighted by molar-refractivity contribution is 0.102. The second kappa shape index (κ2) is 11.1. The standard InChI is InChI=1S/C29H27FN4O3S/c1-4-34(5-2)17-21-16-23-28(38-21)25(13-14-31-23)36-24-12-11-20(15-22(24)30)32-29(35)26-18(3)37-33-27(26)19-9-7-6-8-10-19/h6-16H,4-5,17H2,1-3H3,(H,32,35). The number of thiophene rings is 1. The number of nitrogens with one attached hydrogen (secondary N) is 1. The van der Waals surface area contributed by atoms with Crippen molar-refractivity contribution in [3.63, 3.8) is 0 Å². The molecule has 7 nitrogen and oxygen atoms in total. The van der Waals surface area contributed by atoms with Gasteiger partial charge in [-0.3, -0.25) is 14.7 Å². The highest BCUT2D eigenvalue weighted by Gasteiger charge is 2.22. The van der Waals surface area contributed by atoms with Gasteiger partial charge in [-0.05, 0) is 38.2 Å². The zero-order valence-corrected chi connectivity index (χ0v) is 22.1. The van der Waals surface area contributed by atoms with Crippen molar-refractivity contribution in [3.05, 3.63) is 88.9 Å². The predicted octanol–water partition coefficient (Wildman–Crippen LogP) is 7.29. The van der Waals surface area contributed by atoms with Crippen LogP contribution in [-0.2, 0) is 6.54 Å². The van der Waals surface area contributed by atoms with E-state index in [0.717, 1.165) is 35.4 Å². The smallest absolute Gasteiger partial charge is 0.261 e. The Morgan fingerprint density at radius 2 is 1.87 bits per heavy atom. The monoisotopic (exact) mass is 530 g/mol. The van der Waals surface area contributed by atoms with Gasteiger partial charge in [0.25, 0.3) is 5.91 Å². The predicted molar refractivity (Wildman–Crippen MR) is 147 cm³/mol. The average molecular weight is 531 g/mol. The number of carbonyl (C=O) groups is 1. The molecular weight excluding hydrogens is 503 g/mol. The van der Waals surface area contributed by atoms with Crippen molar-refractivity contribution < 1.29 is 18.4 Å². The highest BCUT2D eigenvalue weighted by Crippen LogP contribution is 2.36. The maximum absolute atomic E-state index is 15.1. The minimum absolute atomic E-state index is 0.0559. The maximum Gasteiger partial charge on any atom is 0.261 e. The lowest BCUT2D eigenvalue weighted by atomic mass is 10.1. The molecule has 1 amide bonds. The van der Waals surface area contributed by atoms with Crippen molar-refractivity contribution in [2.24, 2.45) is 0 Å². The number of halogens is 1. The molecule has 0 aliphatic rings. The van der Waals surface area contributed by atoms with E-state index in [2.05, 4.69) is 40.3 Å². The first-order chi connectivity index (χ1) is 18.5. The SMILES string of the molecule is CCN(CC)Cc1cc2nccc(Oc3ccc(NC(=O)c4c(-c5ccccc5)noc4C)cc3F)c2s1. The van der Waals surface area contributed by atoms with Gasteiger partial charge in [-0.15, -0.1) is 11.3 Å². The summed E-state index contributed by atoms with van der Waals surface area (Å²) in [6.07, 6.45) is 1.66.